The number of hydrogen-bond acceptors (Lipinski definition) is 0. The van der Waals surface area contributed by atoms with Crippen molar-refractivity contribution in [2.24, 2.45) is 0 Å². The van der Waals surface area contributed by atoms with Crippen molar-refractivity contribution in [3.8, 4) is 0 Å². The van der Waals surface area contributed by atoms with E-state index in [-0.39, 0.29) is 59.5 Å². The molecule has 0 fully saturated rings. The van der Waals surface area contributed by atoms with E-state index < -0.39 is 16.3 Å². The van der Waals surface area contributed by atoms with Gasteiger partial charge in [-0.1, -0.05) is 0 Å². The van der Waals surface area contributed by atoms with E-state index in [0.29, 0.717) is 0 Å². The van der Waals surface area contributed by atoms with Crippen LogP contribution in [0.4, 0.5) is 0 Å². The molecule has 0 spiro atoms. The molecular weight excluding hydrogens is 437 g/mol. The minimum absolute atomic E-state index is 0. The van der Waals surface area contributed by atoms with Gasteiger partial charge in [0.05, 0.1) is 0 Å². The molecule has 0 radical (unpaired) electrons. The molecule has 7 heavy (non-hydrogen) atoms. The molecule has 0 aromatic rings. The first-order valence-corrected chi connectivity index (χ1v) is 19.9. The van der Waals surface area contributed by atoms with Gasteiger partial charge in [-0.25, -0.2) is 0 Å². The van der Waals surface area contributed by atoms with Crippen LogP contribution in [-0.4, -0.2) is 54.0 Å². The number of halogens is 4. The van der Waals surface area contributed by atoms with Gasteiger partial charge in [0.1, 0.15) is 0 Å². The van der Waals surface area contributed by atoms with Gasteiger partial charge in [-0.3, -0.25) is 0 Å². The van der Waals surface area contributed by atoms with Gasteiger partial charge in [-0.15, -0.1) is 0 Å². The molecule has 0 aliphatic carbocycles. The van der Waals surface area contributed by atoms with Crippen molar-refractivity contribution in [2.45, 2.75) is 0 Å². The largest absolute Gasteiger partial charge is 0 e. The van der Waals surface area contributed by atoms with Crippen LogP contribution in [0.1, 0.15) is 0 Å². The fraction of sp³-hybridized carbons (Fsp3) is 0. The molecule has 40 valence electrons. The van der Waals surface area contributed by atoms with E-state index in [1.54, 1.807) is 0 Å². The zero-order valence-corrected chi connectivity index (χ0v) is 11.0. The first kappa shape index (κ1) is 17.2. The molecule has 0 amide bonds. The maximum atomic E-state index is 5.05. The molecule has 0 aliphatic rings. The first-order chi connectivity index (χ1) is 2.00. The number of rotatable bonds is 0. The molecule has 0 aromatic heterocycles. The maximum absolute atomic E-state index is 5.05. The van der Waals surface area contributed by atoms with Crippen molar-refractivity contribution >= 4 is 87.3 Å². The molecule has 0 rings (SSSR count). The third-order valence-electron chi connectivity index (χ3n) is 0. The van der Waals surface area contributed by atoms with Crippen LogP contribution in [-0.2, 0) is 21.7 Å². The maximum Gasteiger partial charge on any atom is 0 e. The molecule has 0 N–H and O–H groups in total. The van der Waals surface area contributed by atoms with E-state index in [0.717, 1.165) is 0 Å². The predicted octanol–water partition coefficient (Wildman–Crippen LogP) is 1.46. The molecule has 0 nitrogen and oxygen atoms in total. The zero-order chi connectivity index (χ0) is 4.50. The standard InChI is InChI=1S/Ca.4ClH.Pb.Ti.2H/h;4*1H;;;;/q;;;;;+4;;;/p-4. The molecule has 0 atom stereocenters. The third-order valence-corrected chi connectivity index (χ3v) is 0. The van der Waals surface area contributed by atoms with Gasteiger partial charge in [0.15, 0.2) is 0 Å². The summed E-state index contributed by atoms with van der Waals surface area (Å²) in [4.78, 5) is 0. The second-order valence-corrected chi connectivity index (χ2v) is 33.8. The van der Waals surface area contributed by atoms with Gasteiger partial charge >= 0.3 is 87.3 Å². The van der Waals surface area contributed by atoms with E-state index in [9.17, 15) is 0 Å². The normalized spacial score (nSPS) is 8.57. The fourth-order valence-electron chi connectivity index (χ4n) is 0. The van der Waals surface area contributed by atoms with Crippen LogP contribution in [0.25, 0.3) is 0 Å². The van der Waals surface area contributed by atoms with Crippen LogP contribution in [0.5, 0.6) is 0 Å². The quantitative estimate of drug-likeness (QED) is 0.502. The van der Waals surface area contributed by atoms with Gasteiger partial charge in [0.2, 0.25) is 0 Å². The van der Waals surface area contributed by atoms with Gasteiger partial charge in [0, 0.05) is 21.7 Å². The van der Waals surface area contributed by atoms with Crippen LogP contribution in [0.15, 0.2) is 0 Å². The summed E-state index contributed by atoms with van der Waals surface area (Å²) in [5.74, 6) is 0. The van der Waals surface area contributed by atoms with Crippen LogP contribution in [0.2, 0.25) is 0 Å². The minimum atomic E-state index is -3.39. The van der Waals surface area contributed by atoms with E-state index in [1.807, 2.05) is 0 Å². The van der Waals surface area contributed by atoms with E-state index in [1.165, 1.54) is 0 Å². The van der Waals surface area contributed by atoms with E-state index in [2.05, 4.69) is 0 Å². The summed E-state index contributed by atoms with van der Waals surface area (Å²) in [6.45, 7) is 0. The summed E-state index contributed by atoms with van der Waals surface area (Å²) in [6.07, 6.45) is 0. The smallest absolute Gasteiger partial charge is 0 e. The van der Waals surface area contributed by atoms with Gasteiger partial charge < -0.3 is 0 Å². The van der Waals surface area contributed by atoms with E-state index in [4.69, 9.17) is 33.3 Å². The topological polar surface area (TPSA) is 0 Å². The van der Waals surface area contributed by atoms with Crippen molar-refractivity contribution < 1.29 is 21.7 Å². The minimum Gasteiger partial charge on any atom is 0 e. The Balaban J connectivity index is -0.0000000800. The summed E-state index contributed by atoms with van der Waals surface area (Å²) in [5.41, 5.74) is 0. The molecule has 7 heteroatoms. The Morgan fingerprint density at radius 2 is 0.857 bits per heavy atom. The van der Waals surface area contributed by atoms with Gasteiger partial charge in [0.25, 0.3) is 0 Å². The van der Waals surface area contributed by atoms with Crippen LogP contribution >= 0.6 is 33.3 Å². The number of hydrogen-bond donors (Lipinski definition) is 0. The Kier molecular flexibility index (Phi) is 20.1. The molecule has 0 unspecified atom stereocenters. The molecule has 0 aromatic carbocycles. The third kappa shape index (κ3) is 39.7. The molecule has 0 heterocycles. The van der Waals surface area contributed by atoms with Crippen molar-refractivity contribution in [1.29, 1.82) is 0 Å². The molecular formula is H2CaCl4PbTi. The molecule has 0 bridgehead atoms. The molecule has 0 aliphatic heterocycles. The van der Waals surface area contributed by atoms with Crippen molar-refractivity contribution in [1.82, 2.24) is 0 Å². The Bertz CT molecular complexity index is 27.2. The molecule has 0 saturated carbocycles. The first-order valence-electron chi connectivity index (χ1n) is 0.756. The van der Waals surface area contributed by atoms with Crippen molar-refractivity contribution in [2.75, 3.05) is 0 Å². The Hall–Kier alpha value is 4.06. The van der Waals surface area contributed by atoms with E-state index >= 15 is 0 Å². The average Bonchev–Trinajstić information content (AvgIpc) is 0.722. The SMILES string of the molecule is [CaH2].[Cl][Pb]([Cl])([Cl])[Cl].[Ti]. The Morgan fingerprint density at radius 3 is 0.857 bits per heavy atom. The average molecular weight is 439 g/mol. The van der Waals surface area contributed by atoms with Crippen LogP contribution in [0.3, 0.4) is 0 Å². The van der Waals surface area contributed by atoms with Gasteiger partial charge in [-0.2, -0.15) is 0 Å². The summed E-state index contributed by atoms with van der Waals surface area (Å²) >= 11 is -3.39. The van der Waals surface area contributed by atoms with Crippen LogP contribution < -0.4 is 0 Å². The van der Waals surface area contributed by atoms with Crippen LogP contribution in [0, 0.1) is 0 Å². The Labute approximate surface area is 106 Å². The summed E-state index contributed by atoms with van der Waals surface area (Å²) < 4.78 is 0. The second-order valence-electron chi connectivity index (χ2n) is 0.429. The zero-order valence-electron chi connectivity index (χ0n) is 2.51. The summed E-state index contributed by atoms with van der Waals surface area (Å²) in [5, 5.41) is 0. The summed E-state index contributed by atoms with van der Waals surface area (Å²) in [6, 6.07) is 0. The summed E-state index contributed by atoms with van der Waals surface area (Å²) in [7, 11) is 20.2. The molecule has 0 saturated heterocycles. The van der Waals surface area contributed by atoms with Crippen molar-refractivity contribution in [3.05, 3.63) is 0 Å². The second kappa shape index (κ2) is 8.16. The Morgan fingerprint density at radius 1 is 0.857 bits per heavy atom. The predicted molar refractivity (Wildman–Crippen MR) is 37.7 cm³/mol. The van der Waals surface area contributed by atoms with Gasteiger partial charge in [-0.05, 0) is 0 Å². The fourth-order valence-corrected chi connectivity index (χ4v) is 0. The monoisotopic (exact) mass is 438 g/mol. The van der Waals surface area contributed by atoms with Crippen molar-refractivity contribution in [3.63, 3.8) is 0 Å².